The molecule has 15 heteroatoms. The summed E-state index contributed by atoms with van der Waals surface area (Å²) in [7, 11) is 2.93. The van der Waals surface area contributed by atoms with Crippen molar-refractivity contribution in [2.24, 2.45) is 5.73 Å². The molecular formula is C36H49N7O6S2. The average Bonchev–Trinajstić information content (AvgIpc) is 3.53. The number of amides is 5. The number of unbranched alkanes of at least 4 members (excludes halogenated alkanes) is 2. The first-order chi connectivity index (χ1) is 24.7. The van der Waals surface area contributed by atoms with Gasteiger partial charge in [-0.05, 0) is 43.5 Å². The van der Waals surface area contributed by atoms with Crippen LogP contribution >= 0.6 is 21.6 Å². The molecule has 2 heterocycles. The van der Waals surface area contributed by atoms with Crippen molar-refractivity contribution >= 4 is 62.0 Å². The van der Waals surface area contributed by atoms with Crippen LogP contribution in [0.3, 0.4) is 0 Å². The Morgan fingerprint density at radius 1 is 0.765 bits per heavy atom. The molecule has 276 valence electrons. The molecule has 1 aliphatic rings. The van der Waals surface area contributed by atoms with E-state index in [0.29, 0.717) is 30.9 Å². The second-order valence-electron chi connectivity index (χ2n) is 12.5. The normalized spacial score (nSPS) is 22.6. The summed E-state index contributed by atoms with van der Waals surface area (Å²) < 4.78 is 0. The number of aromatic nitrogens is 1. The molecule has 0 aliphatic carbocycles. The number of carbonyl (C=O) groups excluding carboxylic acids is 5. The molecule has 13 nitrogen and oxygen atoms in total. The SMILES string of the molecule is C[C@@H](O)[C@@H]1NC(=O)[C@H](CCCCCN)NC(=O)[C@@H](Cc2c[nH]c3ccccc23)NC(=O)[C@H](Cc2ccccc2)NC(=O)CCSSCCNC1=O. The lowest BCUT2D eigenvalue weighted by Gasteiger charge is -2.27. The molecule has 1 aliphatic heterocycles. The first-order valence-electron chi connectivity index (χ1n) is 17.4. The third-order valence-electron chi connectivity index (χ3n) is 8.54. The molecule has 1 saturated heterocycles. The van der Waals surface area contributed by atoms with Crippen LogP contribution in [0.2, 0.25) is 0 Å². The molecule has 4 rings (SSSR count). The van der Waals surface area contributed by atoms with E-state index in [9.17, 15) is 29.1 Å². The maximum absolute atomic E-state index is 14.2. The zero-order valence-corrected chi connectivity index (χ0v) is 30.5. The standard InChI is InChI=1S/C36H49N7O6S2/c1-23(44)32-36(49)38-17-19-51-50-18-15-31(45)40-29(20-24-10-4-2-5-11-24)34(47)42-30(21-25-22-39-27-13-8-7-12-26(25)27)35(48)41-28(33(46)43-32)14-6-3-9-16-37/h2,4-5,7-8,10-13,22-23,28-30,32,39,44H,3,6,9,14-21,37H2,1H3,(H,38,49)(H,40,45)(H,41,48)(H,42,47)(H,43,46)/t23-,28+,29+,30-,32+/m1/s1. The highest BCUT2D eigenvalue weighted by molar-refractivity contribution is 8.76. The number of hydrogen-bond acceptors (Lipinski definition) is 9. The maximum atomic E-state index is 14.2. The predicted octanol–water partition coefficient (Wildman–Crippen LogP) is 1.69. The summed E-state index contributed by atoms with van der Waals surface area (Å²) >= 11 is 0. The number of fused-ring (bicyclic) bond motifs is 1. The van der Waals surface area contributed by atoms with Crippen LogP contribution in [0.5, 0.6) is 0 Å². The monoisotopic (exact) mass is 739 g/mol. The topological polar surface area (TPSA) is 208 Å². The summed E-state index contributed by atoms with van der Waals surface area (Å²) in [5, 5.41) is 25.3. The molecule has 0 spiro atoms. The van der Waals surface area contributed by atoms with Crippen LogP contribution in [-0.2, 0) is 36.8 Å². The van der Waals surface area contributed by atoms with Crippen LogP contribution in [0.15, 0.2) is 60.8 Å². The van der Waals surface area contributed by atoms with Crippen LogP contribution in [0.4, 0.5) is 0 Å². The van der Waals surface area contributed by atoms with Crippen molar-refractivity contribution in [3.8, 4) is 0 Å². The predicted molar refractivity (Wildman–Crippen MR) is 202 cm³/mol. The minimum atomic E-state index is -1.26. The smallest absolute Gasteiger partial charge is 0.245 e. The van der Waals surface area contributed by atoms with Crippen LogP contribution in [0, 0.1) is 0 Å². The van der Waals surface area contributed by atoms with Crippen LogP contribution in [0.25, 0.3) is 10.9 Å². The second kappa shape index (κ2) is 20.7. The number of benzene rings is 2. The van der Waals surface area contributed by atoms with Crippen molar-refractivity contribution in [1.82, 2.24) is 31.6 Å². The number of rotatable bonds is 10. The van der Waals surface area contributed by atoms with Gasteiger partial charge in [0.2, 0.25) is 29.5 Å². The molecule has 5 amide bonds. The van der Waals surface area contributed by atoms with Gasteiger partial charge in [-0.25, -0.2) is 0 Å². The van der Waals surface area contributed by atoms with Crippen molar-refractivity contribution in [1.29, 1.82) is 0 Å². The first kappa shape index (κ1) is 39.7. The van der Waals surface area contributed by atoms with Gasteiger partial charge in [0.15, 0.2) is 0 Å². The van der Waals surface area contributed by atoms with Crippen molar-refractivity contribution in [2.75, 3.05) is 24.6 Å². The number of aromatic amines is 1. The number of hydrogen-bond donors (Lipinski definition) is 8. The Bertz CT molecular complexity index is 1600. The van der Waals surface area contributed by atoms with E-state index in [2.05, 4.69) is 31.6 Å². The molecule has 0 unspecified atom stereocenters. The summed E-state index contributed by atoms with van der Waals surface area (Å²) in [5.41, 5.74) is 8.14. The first-order valence-corrected chi connectivity index (χ1v) is 19.8. The summed E-state index contributed by atoms with van der Waals surface area (Å²) in [6, 6.07) is 12.4. The lowest BCUT2D eigenvalue weighted by Crippen LogP contribution is -2.60. The Hall–Kier alpha value is -4.05. The molecule has 0 saturated carbocycles. The summed E-state index contributed by atoms with van der Waals surface area (Å²) in [6.45, 7) is 2.16. The van der Waals surface area contributed by atoms with E-state index in [1.54, 1.807) is 6.20 Å². The van der Waals surface area contributed by atoms with E-state index >= 15 is 0 Å². The van der Waals surface area contributed by atoms with E-state index < -0.39 is 53.9 Å². The molecule has 1 aromatic heterocycles. The van der Waals surface area contributed by atoms with E-state index in [-0.39, 0.29) is 38.1 Å². The quantitative estimate of drug-likeness (QED) is 0.112. The third kappa shape index (κ3) is 12.6. The van der Waals surface area contributed by atoms with Crippen LogP contribution < -0.4 is 32.3 Å². The van der Waals surface area contributed by atoms with Crippen LogP contribution in [0.1, 0.15) is 50.2 Å². The molecule has 3 aromatic rings. The zero-order chi connectivity index (χ0) is 36.6. The Kier molecular flexibility index (Phi) is 16.1. The minimum Gasteiger partial charge on any atom is -0.391 e. The molecule has 9 N–H and O–H groups in total. The number of carbonyl (C=O) groups is 5. The van der Waals surface area contributed by atoms with Crippen LogP contribution in [-0.4, -0.2) is 94.5 Å². The van der Waals surface area contributed by atoms with Crippen molar-refractivity contribution < 1.29 is 29.1 Å². The molecule has 0 radical (unpaired) electrons. The van der Waals surface area contributed by atoms with Gasteiger partial charge in [0.25, 0.3) is 0 Å². The zero-order valence-electron chi connectivity index (χ0n) is 28.8. The fourth-order valence-electron chi connectivity index (χ4n) is 5.78. The summed E-state index contributed by atoms with van der Waals surface area (Å²) in [6.07, 6.45) is 3.24. The maximum Gasteiger partial charge on any atom is 0.245 e. The largest absolute Gasteiger partial charge is 0.391 e. The number of nitrogens with one attached hydrogen (secondary N) is 6. The number of aliphatic hydroxyl groups is 1. The summed E-state index contributed by atoms with van der Waals surface area (Å²) in [4.78, 5) is 71.3. The van der Waals surface area contributed by atoms with E-state index in [4.69, 9.17) is 5.73 Å². The lowest BCUT2D eigenvalue weighted by molar-refractivity contribution is -0.135. The van der Waals surface area contributed by atoms with Gasteiger partial charge < -0.3 is 42.4 Å². The number of aliphatic hydroxyl groups excluding tert-OH is 1. The molecule has 0 bridgehead atoms. The van der Waals surface area contributed by atoms with E-state index in [1.165, 1.54) is 28.5 Å². The minimum absolute atomic E-state index is 0.0850. The van der Waals surface area contributed by atoms with Gasteiger partial charge in [-0.1, -0.05) is 83.0 Å². The Labute approximate surface area is 306 Å². The Morgan fingerprint density at radius 3 is 2.18 bits per heavy atom. The molecule has 5 atom stereocenters. The van der Waals surface area contributed by atoms with E-state index in [0.717, 1.165) is 28.5 Å². The fourth-order valence-corrected chi connectivity index (χ4v) is 7.67. The highest BCUT2D eigenvalue weighted by Gasteiger charge is 2.33. The van der Waals surface area contributed by atoms with E-state index in [1.807, 2.05) is 54.6 Å². The average molecular weight is 740 g/mol. The van der Waals surface area contributed by atoms with Gasteiger partial charge in [-0.3, -0.25) is 24.0 Å². The Morgan fingerprint density at radius 2 is 1.43 bits per heavy atom. The molecule has 51 heavy (non-hydrogen) atoms. The third-order valence-corrected chi connectivity index (χ3v) is 10.9. The number of nitrogens with two attached hydrogens (primary N) is 1. The van der Waals surface area contributed by atoms with Gasteiger partial charge in [-0.15, -0.1) is 0 Å². The Balaban J connectivity index is 1.67. The van der Waals surface area contributed by atoms with Crippen molar-refractivity contribution in [3.63, 3.8) is 0 Å². The highest BCUT2D eigenvalue weighted by atomic mass is 33.1. The molecular weight excluding hydrogens is 691 g/mol. The van der Waals surface area contributed by atoms with Crippen molar-refractivity contribution in [2.45, 2.75) is 82.1 Å². The highest BCUT2D eigenvalue weighted by Crippen LogP contribution is 2.22. The fraction of sp³-hybridized carbons (Fsp3) is 0.472. The number of H-pyrrole nitrogens is 1. The molecule has 1 fully saturated rings. The second-order valence-corrected chi connectivity index (χ2v) is 15.2. The van der Waals surface area contributed by atoms with Gasteiger partial charge in [0.05, 0.1) is 6.10 Å². The van der Waals surface area contributed by atoms with Gasteiger partial charge in [0.1, 0.15) is 24.2 Å². The van der Waals surface area contributed by atoms with Gasteiger partial charge in [-0.2, -0.15) is 0 Å². The van der Waals surface area contributed by atoms with Gasteiger partial charge in [0, 0.05) is 54.4 Å². The van der Waals surface area contributed by atoms with Crippen molar-refractivity contribution in [3.05, 3.63) is 71.9 Å². The van der Waals surface area contributed by atoms with Gasteiger partial charge >= 0.3 is 0 Å². The number of para-hydroxylation sites is 1. The summed E-state index contributed by atoms with van der Waals surface area (Å²) in [5.74, 6) is -1.67. The lowest BCUT2D eigenvalue weighted by atomic mass is 10.0. The molecule has 2 aromatic carbocycles.